The van der Waals surface area contributed by atoms with Gasteiger partial charge in [-0.15, -0.1) is 0 Å². The minimum absolute atomic E-state index is 0.138. The summed E-state index contributed by atoms with van der Waals surface area (Å²) in [6.45, 7) is 4.91. The van der Waals surface area contributed by atoms with Crippen molar-refractivity contribution in [3.05, 3.63) is 0 Å². The molecule has 0 saturated heterocycles. The van der Waals surface area contributed by atoms with Gasteiger partial charge in [0, 0.05) is 13.0 Å². The summed E-state index contributed by atoms with van der Waals surface area (Å²) in [5, 5.41) is 0. The third-order valence-electron chi connectivity index (χ3n) is 2.63. The highest BCUT2D eigenvalue weighted by atomic mass is 16.6. The van der Waals surface area contributed by atoms with Crippen molar-refractivity contribution in [2.24, 2.45) is 0 Å². The summed E-state index contributed by atoms with van der Waals surface area (Å²) >= 11 is 0. The summed E-state index contributed by atoms with van der Waals surface area (Å²) in [6, 6.07) is 0. The first-order valence-electron chi connectivity index (χ1n) is 6.99. The highest BCUT2D eigenvalue weighted by molar-refractivity contribution is 5.72. The zero-order chi connectivity index (χ0) is 14.7. The maximum Gasteiger partial charge on any atom is 0.309 e. The van der Waals surface area contributed by atoms with E-state index in [2.05, 4.69) is 0 Å². The second-order valence-corrected chi connectivity index (χ2v) is 4.82. The zero-order valence-corrected chi connectivity index (χ0v) is 12.6. The van der Waals surface area contributed by atoms with E-state index in [1.807, 2.05) is 25.9 Å². The Kier molecular flexibility index (Phi) is 10.2. The van der Waals surface area contributed by atoms with Crippen molar-refractivity contribution in [2.45, 2.75) is 52.1 Å². The molecule has 0 aromatic heterocycles. The van der Waals surface area contributed by atoms with E-state index in [-0.39, 0.29) is 24.5 Å². The van der Waals surface area contributed by atoms with Crippen LogP contribution in [0, 0.1) is 0 Å². The zero-order valence-electron chi connectivity index (χ0n) is 12.6. The van der Waals surface area contributed by atoms with E-state index in [0.29, 0.717) is 19.4 Å². The number of hydrogen-bond acceptors (Lipinski definition) is 5. The lowest BCUT2D eigenvalue weighted by atomic mass is 10.1. The fourth-order valence-electron chi connectivity index (χ4n) is 1.58. The molecule has 0 N–H and O–H groups in total. The van der Waals surface area contributed by atoms with Crippen LogP contribution in [-0.4, -0.2) is 50.2 Å². The van der Waals surface area contributed by atoms with Crippen LogP contribution in [0.2, 0.25) is 0 Å². The van der Waals surface area contributed by atoms with E-state index >= 15 is 0 Å². The van der Waals surface area contributed by atoms with E-state index in [1.54, 1.807) is 6.92 Å². The lowest BCUT2D eigenvalue weighted by Crippen LogP contribution is -2.27. The maximum absolute atomic E-state index is 11.6. The molecule has 0 unspecified atom stereocenters. The first kappa shape index (κ1) is 17.9. The predicted octanol–water partition coefficient (Wildman–Crippen LogP) is 1.99. The van der Waals surface area contributed by atoms with Crippen molar-refractivity contribution in [3.8, 4) is 0 Å². The molecule has 0 aliphatic rings. The summed E-state index contributed by atoms with van der Waals surface area (Å²) < 4.78 is 10.3. The molecule has 112 valence electrons. The summed E-state index contributed by atoms with van der Waals surface area (Å²) in [4.78, 5) is 25.1. The normalized spacial score (nSPS) is 12.3. The highest BCUT2D eigenvalue weighted by Gasteiger charge is 2.19. The van der Waals surface area contributed by atoms with Crippen LogP contribution in [0.1, 0.15) is 46.0 Å². The fourth-order valence-corrected chi connectivity index (χ4v) is 1.58. The van der Waals surface area contributed by atoms with Gasteiger partial charge in [0.05, 0.1) is 13.0 Å². The summed E-state index contributed by atoms with van der Waals surface area (Å²) in [5.41, 5.74) is 0. The summed E-state index contributed by atoms with van der Waals surface area (Å²) in [6.07, 6.45) is 2.58. The Hall–Kier alpha value is -1.10. The summed E-state index contributed by atoms with van der Waals surface area (Å²) in [7, 11) is 3.89. The van der Waals surface area contributed by atoms with Gasteiger partial charge >= 0.3 is 11.9 Å². The van der Waals surface area contributed by atoms with Crippen molar-refractivity contribution in [3.63, 3.8) is 0 Å². The minimum Gasteiger partial charge on any atom is -0.466 e. The van der Waals surface area contributed by atoms with Gasteiger partial charge in [-0.05, 0) is 33.9 Å². The Bertz CT molecular complexity index is 266. The number of ether oxygens (including phenoxy) is 2. The molecule has 0 bridgehead atoms. The molecule has 0 heterocycles. The molecule has 5 heteroatoms. The average molecular weight is 273 g/mol. The van der Waals surface area contributed by atoms with E-state index < -0.39 is 0 Å². The van der Waals surface area contributed by atoms with Crippen LogP contribution in [0.15, 0.2) is 0 Å². The monoisotopic (exact) mass is 273 g/mol. The smallest absolute Gasteiger partial charge is 0.309 e. The van der Waals surface area contributed by atoms with Crippen LogP contribution in [0.3, 0.4) is 0 Å². The standard InChI is InChI=1S/C14H27NO4/c1-5-7-8-13(16)19-12(9-10-15(3)4)11-14(17)18-6-2/h12H,5-11H2,1-4H3/t12-/m0/s1. The van der Waals surface area contributed by atoms with Crippen molar-refractivity contribution >= 4 is 11.9 Å². The molecule has 0 aromatic carbocycles. The van der Waals surface area contributed by atoms with Crippen molar-refractivity contribution in [1.29, 1.82) is 0 Å². The SMILES string of the molecule is CCCCC(=O)O[C@@H](CCN(C)C)CC(=O)OCC. The predicted molar refractivity (Wildman–Crippen MR) is 73.8 cm³/mol. The molecule has 1 atom stereocenters. The van der Waals surface area contributed by atoms with Crippen LogP contribution in [0.5, 0.6) is 0 Å². The minimum atomic E-state index is -0.384. The number of hydrogen-bond donors (Lipinski definition) is 0. The summed E-state index contributed by atoms with van der Waals surface area (Å²) in [5.74, 6) is -0.538. The molecule has 0 spiro atoms. The van der Waals surface area contributed by atoms with Crippen LogP contribution in [0.25, 0.3) is 0 Å². The molecule has 0 radical (unpaired) electrons. The quantitative estimate of drug-likeness (QED) is 0.570. The van der Waals surface area contributed by atoms with Crippen LogP contribution in [0.4, 0.5) is 0 Å². The van der Waals surface area contributed by atoms with Gasteiger partial charge in [0.2, 0.25) is 0 Å². The van der Waals surface area contributed by atoms with Crippen LogP contribution < -0.4 is 0 Å². The Labute approximate surface area is 116 Å². The average Bonchev–Trinajstić information content (AvgIpc) is 2.33. The van der Waals surface area contributed by atoms with Gasteiger partial charge in [0.1, 0.15) is 6.10 Å². The Balaban J connectivity index is 4.23. The fraction of sp³-hybridized carbons (Fsp3) is 0.857. The van der Waals surface area contributed by atoms with Gasteiger partial charge < -0.3 is 14.4 Å². The van der Waals surface area contributed by atoms with E-state index in [9.17, 15) is 9.59 Å². The molecular formula is C14H27NO4. The van der Waals surface area contributed by atoms with Crippen LogP contribution in [-0.2, 0) is 19.1 Å². The molecule has 0 saturated carbocycles. The first-order chi connectivity index (χ1) is 8.99. The number of rotatable bonds is 10. The van der Waals surface area contributed by atoms with Gasteiger partial charge in [0.15, 0.2) is 0 Å². The third-order valence-corrected chi connectivity index (χ3v) is 2.63. The Morgan fingerprint density at radius 1 is 1.16 bits per heavy atom. The molecule has 5 nitrogen and oxygen atoms in total. The van der Waals surface area contributed by atoms with Crippen molar-refractivity contribution < 1.29 is 19.1 Å². The molecule has 0 aliphatic carbocycles. The molecule has 0 rings (SSSR count). The number of esters is 2. The van der Waals surface area contributed by atoms with Crippen molar-refractivity contribution in [1.82, 2.24) is 4.90 Å². The number of carbonyl (C=O) groups is 2. The third kappa shape index (κ3) is 10.5. The van der Waals surface area contributed by atoms with Gasteiger partial charge in [-0.2, -0.15) is 0 Å². The molecule has 0 aromatic rings. The molecule has 0 aliphatic heterocycles. The van der Waals surface area contributed by atoms with E-state index in [1.165, 1.54) is 0 Å². The first-order valence-corrected chi connectivity index (χ1v) is 6.99. The largest absolute Gasteiger partial charge is 0.466 e. The van der Waals surface area contributed by atoms with Crippen molar-refractivity contribution in [2.75, 3.05) is 27.2 Å². The number of nitrogens with zero attached hydrogens (tertiary/aromatic N) is 1. The Morgan fingerprint density at radius 2 is 1.84 bits per heavy atom. The van der Waals surface area contributed by atoms with Gasteiger partial charge in [-0.25, -0.2) is 0 Å². The maximum atomic E-state index is 11.6. The molecule has 19 heavy (non-hydrogen) atoms. The van der Waals surface area contributed by atoms with Gasteiger partial charge in [-0.1, -0.05) is 13.3 Å². The van der Waals surface area contributed by atoms with Gasteiger partial charge in [0.25, 0.3) is 0 Å². The lowest BCUT2D eigenvalue weighted by molar-refractivity contribution is -0.155. The van der Waals surface area contributed by atoms with Gasteiger partial charge in [-0.3, -0.25) is 9.59 Å². The lowest BCUT2D eigenvalue weighted by Gasteiger charge is -2.19. The molecule has 0 fully saturated rings. The van der Waals surface area contributed by atoms with E-state index in [4.69, 9.17) is 9.47 Å². The molecular weight excluding hydrogens is 246 g/mol. The van der Waals surface area contributed by atoms with Crippen LogP contribution >= 0.6 is 0 Å². The second-order valence-electron chi connectivity index (χ2n) is 4.82. The highest BCUT2D eigenvalue weighted by Crippen LogP contribution is 2.09. The van der Waals surface area contributed by atoms with E-state index in [0.717, 1.165) is 19.4 Å². The Morgan fingerprint density at radius 3 is 2.37 bits per heavy atom. The molecule has 0 amide bonds. The topological polar surface area (TPSA) is 55.8 Å². The second kappa shape index (κ2) is 10.8. The number of carbonyl (C=O) groups excluding carboxylic acids is 2. The number of unbranched alkanes of at least 4 members (excludes halogenated alkanes) is 1.